The minimum absolute atomic E-state index is 0.737. The molecule has 3 rings (SSSR count). The standard InChI is InChI=1S/C15H15ClN4/c1-9-6-11(16)7-10(2)12(9)8-17-13-4-3-5-14-15(13)19-20-18-14/h3-7,17H,8H2,1-2H3,(H,18,19,20). The van der Waals surface area contributed by atoms with Gasteiger partial charge in [-0.3, -0.25) is 0 Å². The molecule has 1 aromatic heterocycles. The van der Waals surface area contributed by atoms with Crippen LogP contribution in [0.1, 0.15) is 16.7 Å². The third-order valence-corrected chi connectivity index (χ3v) is 3.68. The maximum Gasteiger partial charge on any atom is 0.136 e. The van der Waals surface area contributed by atoms with Crippen LogP contribution in [-0.4, -0.2) is 15.4 Å². The summed E-state index contributed by atoms with van der Waals surface area (Å²) < 4.78 is 0. The summed E-state index contributed by atoms with van der Waals surface area (Å²) in [5, 5.41) is 15.1. The van der Waals surface area contributed by atoms with Crippen LogP contribution in [0.2, 0.25) is 5.02 Å². The summed E-state index contributed by atoms with van der Waals surface area (Å²) in [5.41, 5.74) is 6.33. The highest BCUT2D eigenvalue weighted by molar-refractivity contribution is 6.30. The first-order valence-electron chi connectivity index (χ1n) is 6.44. The fourth-order valence-electron chi connectivity index (χ4n) is 2.41. The Hall–Kier alpha value is -2.07. The third-order valence-electron chi connectivity index (χ3n) is 3.46. The maximum atomic E-state index is 6.06. The Bertz CT molecular complexity index is 740. The van der Waals surface area contributed by atoms with E-state index in [1.165, 1.54) is 16.7 Å². The van der Waals surface area contributed by atoms with Gasteiger partial charge < -0.3 is 5.32 Å². The number of aryl methyl sites for hydroxylation is 2. The average molecular weight is 287 g/mol. The monoisotopic (exact) mass is 286 g/mol. The van der Waals surface area contributed by atoms with Crippen molar-refractivity contribution in [3.05, 3.63) is 52.0 Å². The quantitative estimate of drug-likeness (QED) is 0.769. The molecule has 20 heavy (non-hydrogen) atoms. The minimum atomic E-state index is 0.737. The molecule has 0 aliphatic rings. The third kappa shape index (κ3) is 2.34. The maximum absolute atomic E-state index is 6.06. The first-order valence-corrected chi connectivity index (χ1v) is 6.82. The van der Waals surface area contributed by atoms with E-state index in [-0.39, 0.29) is 0 Å². The van der Waals surface area contributed by atoms with Crippen molar-refractivity contribution in [2.24, 2.45) is 0 Å². The van der Waals surface area contributed by atoms with Gasteiger partial charge in [0.05, 0.1) is 5.69 Å². The van der Waals surface area contributed by atoms with Crippen LogP contribution in [0.4, 0.5) is 5.69 Å². The Kier molecular flexibility index (Phi) is 3.32. The largest absolute Gasteiger partial charge is 0.379 e. The predicted octanol–water partition coefficient (Wildman–Crippen LogP) is 3.84. The summed E-state index contributed by atoms with van der Waals surface area (Å²) in [6.45, 7) is 4.89. The van der Waals surface area contributed by atoms with E-state index in [1.54, 1.807) is 0 Å². The number of rotatable bonds is 3. The van der Waals surface area contributed by atoms with Gasteiger partial charge in [0.2, 0.25) is 0 Å². The van der Waals surface area contributed by atoms with Gasteiger partial charge in [-0.15, -0.1) is 0 Å². The fourth-order valence-corrected chi connectivity index (χ4v) is 2.74. The van der Waals surface area contributed by atoms with Gasteiger partial charge in [0.15, 0.2) is 0 Å². The summed E-state index contributed by atoms with van der Waals surface area (Å²) in [4.78, 5) is 0. The predicted molar refractivity (Wildman–Crippen MR) is 82.1 cm³/mol. The highest BCUT2D eigenvalue weighted by Gasteiger charge is 2.07. The minimum Gasteiger partial charge on any atom is -0.379 e. The van der Waals surface area contributed by atoms with E-state index < -0.39 is 0 Å². The fraction of sp³-hybridized carbons (Fsp3) is 0.200. The lowest BCUT2D eigenvalue weighted by molar-refractivity contribution is 0.959. The van der Waals surface area contributed by atoms with Crippen LogP contribution >= 0.6 is 11.6 Å². The number of fused-ring (bicyclic) bond motifs is 1. The first kappa shape index (κ1) is 12.9. The second-order valence-electron chi connectivity index (χ2n) is 4.87. The SMILES string of the molecule is Cc1cc(Cl)cc(C)c1CNc1cccc2n[nH]nc12. The Balaban J connectivity index is 1.89. The molecule has 0 fully saturated rings. The molecule has 0 bridgehead atoms. The lowest BCUT2D eigenvalue weighted by atomic mass is 10.0. The molecule has 0 radical (unpaired) electrons. The lowest BCUT2D eigenvalue weighted by Crippen LogP contribution is -2.04. The molecule has 0 saturated heterocycles. The Labute approximate surface area is 122 Å². The van der Waals surface area contributed by atoms with E-state index in [2.05, 4.69) is 34.6 Å². The van der Waals surface area contributed by atoms with Gasteiger partial charge in [0, 0.05) is 11.6 Å². The number of nitrogens with zero attached hydrogens (tertiary/aromatic N) is 2. The molecule has 0 aliphatic carbocycles. The van der Waals surface area contributed by atoms with Crippen molar-refractivity contribution in [2.75, 3.05) is 5.32 Å². The van der Waals surface area contributed by atoms with Crippen molar-refractivity contribution in [2.45, 2.75) is 20.4 Å². The van der Waals surface area contributed by atoms with E-state index in [1.807, 2.05) is 30.3 Å². The van der Waals surface area contributed by atoms with Crippen molar-refractivity contribution in [3.63, 3.8) is 0 Å². The van der Waals surface area contributed by atoms with Gasteiger partial charge in [-0.05, 0) is 54.8 Å². The normalized spacial score (nSPS) is 10.9. The average Bonchev–Trinajstić information content (AvgIpc) is 2.86. The second kappa shape index (κ2) is 5.13. The highest BCUT2D eigenvalue weighted by Crippen LogP contribution is 2.23. The molecular formula is C15H15ClN4. The highest BCUT2D eigenvalue weighted by atomic mass is 35.5. The number of anilines is 1. The zero-order chi connectivity index (χ0) is 14.1. The summed E-state index contributed by atoms with van der Waals surface area (Å²) in [6.07, 6.45) is 0. The molecule has 0 spiro atoms. The van der Waals surface area contributed by atoms with Gasteiger partial charge in [0.1, 0.15) is 11.0 Å². The van der Waals surface area contributed by atoms with Gasteiger partial charge in [-0.1, -0.05) is 17.7 Å². The molecule has 4 nitrogen and oxygen atoms in total. The summed E-state index contributed by atoms with van der Waals surface area (Å²) in [7, 11) is 0. The molecule has 0 amide bonds. The van der Waals surface area contributed by atoms with Crippen molar-refractivity contribution < 1.29 is 0 Å². The molecule has 0 aliphatic heterocycles. The number of halogens is 1. The van der Waals surface area contributed by atoms with Gasteiger partial charge in [-0.25, -0.2) is 0 Å². The van der Waals surface area contributed by atoms with Crippen molar-refractivity contribution in [1.29, 1.82) is 0 Å². The second-order valence-corrected chi connectivity index (χ2v) is 5.31. The molecule has 5 heteroatoms. The van der Waals surface area contributed by atoms with Crippen LogP contribution in [-0.2, 0) is 6.54 Å². The Morgan fingerprint density at radius 1 is 1.15 bits per heavy atom. The Morgan fingerprint density at radius 2 is 1.90 bits per heavy atom. The van der Waals surface area contributed by atoms with Crippen LogP contribution in [0.5, 0.6) is 0 Å². The summed E-state index contributed by atoms with van der Waals surface area (Å²) >= 11 is 6.06. The molecule has 3 aromatic rings. The molecular weight excluding hydrogens is 272 g/mol. The van der Waals surface area contributed by atoms with Gasteiger partial charge in [0.25, 0.3) is 0 Å². The lowest BCUT2D eigenvalue weighted by Gasteiger charge is -2.12. The number of aromatic nitrogens is 3. The zero-order valence-electron chi connectivity index (χ0n) is 11.4. The first-order chi connectivity index (χ1) is 9.65. The molecule has 2 aromatic carbocycles. The zero-order valence-corrected chi connectivity index (χ0v) is 12.1. The number of benzene rings is 2. The topological polar surface area (TPSA) is 53.6 Å². The molecule has 0 atom stereocenters. The number of para-hydroxylation sites is 1. The van der Waals surface area contributed by atoms with Crippen molar-refractivity contribution in [1.82, 2.24) is 15.4 Å². The number of hydrogen-bond acceptors (Lipinski definition) is 3. The number of aromatic amines is 1. The molecule has 1 heterocycles. The summed E-state index contributed by atoms with van der Waals surface area (Å²) in [6, 6.07) is 9.88. The molecule has 0 saturated carbocycles. The summed E-state index contributed by atoms with van der Waals surface area (Å²) in [5.74, 6) is 0. The number of hydrogen-bond donors (Lipinski definition) is 2. The van der Waals surface area contributed by atoms with Crippen LogP contribution in [0, 0.1) is 13.8 Å². The van der Waals surface area contributed by atoms with E-state index in [4.69, 9.17) is 11.6 Å². The van der Waals surface area contributed by atoms with E-state index in [0.717, 1.165) is 28.3 Å². The van der Waals surface area contributed by atoms with Crippen molar-refractivity contribution in [3.8, 4) is 0 Å². The van der Waals surface area contributed by atoms with Crippen LogP contribution in [0.25, 0.3) is 11.0 Å². The van der Waals surface area contributed by atoms with Crippen LogP contribution in [0.15, 0.2) is 30.3 Å². The number of H-pyrrole nitrogens is 1. The van der Waals surface area contributed by atoms with Crippen LogP contribution < -0.4 is 5.32 Å². The Morgan fingerprint density at radius 3 is 2.65 bits per heavy atom. The van der Waals surface area contributed by atoms with Crippen molar-refractivity contribution >= 4 is 28.3 Å². The smallest absolute Gasteiger partial charge is 0.136 e. The van der Waals surface area contributed by atoms with E-state index in [9.17, 15) is 0 Å². The number of nitrogens with one attached hydrogen (secondary N) is 2. The van der Waals surface area contributed by atoms with E-state index in [0.29, 0.717) is 0 Å². The molecule has 102 valence electrons. The van der Waals surface area contributed by atoms with Gasteiger partial charge >= 0.3 is 0 Å². The van der Waals surface area contributed by atoms with Gasteiger partial charge in [-0.2, -0.15) is 15.4 Å². The van der Waals surface area contributed by atoms with E-state index >= 15 is 0 Å². The van der Waals surface area contributed by atoms with Crippen LogP contribution in [0.3, 0.4) is 0 Å². The molecule has 0 unspecified atom stereocenters. The molecule has 2 N–H and O–H groups in total.